The van der Waals surface area contributed by atoms with Crippen molar-refractivity contribution in [1.82, 2.24) is 4.31 Å². The van der Waals surface area contributed by atoms with Crippen LogP contribution in [0.15, 0.2) is 5.16 Å². The largest absolute Gasteiger partial charge is 0.411 e. The minimum Gasteiger partial charge on any atom is -0.411 e. The second kappa shape index (κ2) is 4.93. The molecule has 0 aromatic carbocycles. The molecule has 1 saturated heterocycles. The molecule has 2 bridgehead atoms. The highest BCUT2D eigenvalue weighted by Gasteiger charge is 2.63. The Morgan fingerprint density at radius 3 is 2.52 bits per heavy atom. The van der Waals surface area contributed by atoms with Crippen molar-refractivity contribution in [3.8, 4) is 0 Å². The van der Waals surface area contributed by atoms with Crippen LogP contribution in [-0.4, -0.2) is 55.2 Å². The molecular weight excluding hydrogens is 292 g/mol. The van der Waals surface area contributed by atoms with Crippen molar-refractivity contribution < 1.29 is 18.4 Å². The van der Waals surface area contributed by atoms with Gasteiger partial charge in [-0.05, 0) is 23.7 Å². The molecule has 7 heteroatoms. The van der Waals surface area contributed by atoms with Crippen LogP contribution in [0, 0.1) is 23.2 Å². The summed E-state index contributed by atoms with van der Waals surface area (Å²) in [4.78, 5) is 0. The average molecular weight is 316 g/mol. The van der Waals surface area contributed by atoms with Crippen molar-refractivity contribution in [2.24, 2.45) is 28.3 Å². The number of rotatable bonds is 2. The van der Waals surface area contributed by atoms with E-state index in [4.69, 9.17) is 4.74 Å². The highest BCUT2D eigenvalue weighted by molar-refractivity contribution is 7.90. The molecule has 0 spiro atoms. The highest BCUT2D eigenvalue weighted by atomic mass is 32.2. The van der Waals surface area contributed by atoms with Gasteiger partial charge in [0, 0.05) is 19.0 Å². The van der Waals surface area contributed by atoms with Crippen LogP contribution < -0.4 is 0 Å². The summed E-state index contributed by atoms with van der Waals surface area (Å²) in [5.74, 6) is 0.441. The van der Waals surface area contributed by atoms with Crippen molar-refractivity contribution in [2.75, 3.05) is 26.3 Å². The second-order valence-corrected chi connectivity index (χ2v) is 9.11. The van der Waals surface area contributed by atoms with Gasteiger partial charge in [-0.2, -0.15) is 4.31 Å². The average Bonchev–Trinajstić information content (AvgIpc) is 2.96. The zero-order chi connectivity index (χ0) is 15.4. The van der Waals surface area contributed by atoms with Crippen molar-refractivity contribution in [3.63, 3.8) is 0 Å². The van der Waals surface area contributed by atoms with Gasteiger partial charge in [-0.15, -0.1) is 0 Å². The third kappa shape index (κ3) is 2.04. The van der Waals surface area contributed by atoms with Crippen LogP contribution in [0.3, 0.4) is 0 Å². The maximum Gasteiger partial charge on any atom is 0.222 e. The quantitative estimate of drug-likeness (QED) is 0.612. The normalized spacial score (nSPS) is 41.8. The molecule has 0 amide bonds. The van der Waals surface area contributed by atoms with Gasteiger partial charge in [0.1, 0.15) is 5.25 Å². The van der Waals surface area contributed by atoms with E-state index in [9.17, 15) is 13.6 Å². The first-order valence-corrected chi connectivity index (χ1v) is 9.10. The predicted octanol–water partition coefficient (Wildman–Crippen LogP) is 1.16. The zero-order valence-corrected chi connectivity index (χ0v) is 13.6. The SMILES string of the molecule is C[C@H]1[C@H]2C[C@@H]([C@H](S(=O)(=O)N3CCOCC3)/C2=N\O)C1(C)C. The lowest BCUT2D eigenvalue weighted by molar-refractivity contribution is 0.0719. The Bertz CT molecular complexity index is 551. The van der Waals surface area contributed by atoms with Crippen molar-refractivity contribution >= 4 is 15.7 Å². The fraction of sp³-hybridized carbons (Fsp3) is 0.929. The van der Waals surface area contributed by atoms with Crippen LogP contribution in [0.4, 0.5) is 0 Å². The molecule has 1 N–H and O–H groups in total. The molecule has 2 saturated carbocycles. The van der Waals surface area contributed by atoms with Crippen molar-refractivity contribution in [1.29, 1.82) is 0 Å². The number of hydrogen-bond donors (Lipinski definition) is 1. The van der Waals surface area contributed by atoms with Gasteiger partial charge < -0.3 is 9.94 Å². The van der Waals surface area contributed by atoms with Gasteiger partial charge in [0.15, 0.2) is 0 Å². The molecule has 120 valence electrons. The molecule has 0 radical (unpaired) electrons. The molecule has 0 unspecified atom stereocenters. The van der Waals surface area contributed by atoms with E-state index in [0.717, 1.165) is 6.42 Å². The van der Waals surface area contributed by atoms with E-state index in [1.54, 1.807) is 0 Å². The monoisotopic (exact) mass is 316 g/mol. The summed E-state index contributed by atoms with van der Waals surface area (Å²) >= 11 is 0. The van der Waals surface area contributed by atoms with Gasteiger partial charge >= 0.3 is 0 Å². The Balaban J connectivity index is 1.97. The van der Waals surface area contributed by atoms with E-state index >= 15 is 0 Å². The fourth-order valence-corrected chi connectivity index (χ4v) is 6.78. The summed E-state index contributed by atoms with van der Waals surface area (Å²) in [5.41, 5.74) is 0.418. The molecule has 3 fully saturated rings. The van der Waals surface area contributed by atoms with Gasteiger partial charge in [0.05, 0.1) is 18.9 Å². The molecule has 21 heavy (non-hydrogen) atoms. The van der Waals surface area contributed by atoms with E-state index in [-0.39, 0.29) is 17.3 Å². The first kappa shape index (κ1) is 15.2. The smallest absolute Gasteiger partial charge is 0.222 e. The number of ether oxygens (including phenoxy) is 1. The van der Waals surface area contributed by atoms with Crippen LogP contribution in [0.25, 0.3) is 0 Å². The maximum absolute atomic E-state index is 13.0. The van der Waals surface area contributed by atoms with E-state index < -0.39 is 15.3 Å². The van der Waals surface area contributed by atoms with Gasteiger partial charge in [0.2, 0.25) is 10.0 Å². The molecule has 1 heterocycles. The van der Waals surface area contributed by atoms with Crippen molar-refractivity contribution in [3.05, 3.63) is 0 Å². The first-order valence-electron chi connectivity index (χ1n) is 7.60. The van der Waals surface area contributed by atoms with E-state index in [2.05, 4.69) is 25.9 Å². The topological polar surface area (TPSA) is 79.2 Å². The number of sulfonamides is 1. The van der Waals surface area contributed by atoms with E-state index in [0.29, 0.717) is 37.9 Å². The summed E-state index contributed by atoms with van der Waals surface area (Å²) in [6.07, 6.45) is 0.807. The van der Waals surface area contributed by atoms with Crippen LogP contribution in [-0.2, 0) is 14.8 Å². The summed E-state index contributed by atoms with van der Waals surface area (Å²) in [6.45, 7) is 8.07. The van der Waals surface area contributed by atoms with E-state index in [1.807, 2.05) is 0 Å². The fourth-order valence-electron chi connectivity index (χ4n) is 4.40. The number of oxime groups is 1. The van der Waals surface area contributed by atoms with Gasteiger partial charge in [-0.3, -0.25) is 0 Å². The Hall–Kier alpha value is -0.660. The molecule has 3 aliphatic rings. The maximum atomic E-state index is 13.0. The molecule has 6 nitrogen and oxygen atoms in total. The summed E-state index contributed by atoms with van der Waals surface area (Å²) < 4.78 is 32.8. The second-order valence-electron chi connectivity index (χ2n) is 7.06. The van der Waals surface area contributed by atoms with Crippen LogP contribution in [0.2, 0.25) is 0 Å². The predicted molar refractivity (Wildman–Crippen MR) is 78.9 cm³/mol. The molecule has 2 aliphatic carbocycles. The standard InChI is InChI=1S/C14H24N2O4S/c1-9-10-8-11(14(9,2)3)13(12(10)15-17)21(18,19)16-4-6-20-7-5-16/h9-11,13,17H,4-8H2,1-3H3/b15-12-/t9-,10+,11-,13-/m0/s1. The molecular formula is C14H24N2O4S. The third-order valence-corrected chi connectivity index (χ3v) is 8.34. The molecule has 0 aromatic heterocycles. The third-order valence-electron chi connectivity index (χ3n) is 6.04. The van der Waals surface area contributed by atoms with Crippen molar-refractivity contribution in [2.45, 2.75) is 32.4 Å². The Kier molecular flexibility index (Phi) is 3.58. The summed E-state index contributed by atoms with van der Waals surface area (Å²) in [6, 6.07) is 0. The van der Waals surface area contributed by atoms with Gasteiger partial charge in [-0.25, -0.2) is 8.42 Å². The minimum atomic E-state index is -3.49. The van der Waals surface area contributed by atoms with Gasteiger partial charge in [-0.1, -0.05) is 25.9 Å². The Morgan fingerprint density at radius 2 is 1.95 bits per heavy atom. The summed E-state index contributed by atoms with van der Waals surface area (Å²) in [5, 5.41) is 12.1. The number of hydrogen-bond acceptors (Lipinski definition) is 5. The summed E-state index contributed by atoms with van der Waals surface area (Å²) in [7, 11) is -3.49. The highest BCUT2D eigenvalue weighted by Crippen LogP contribution is 2.59. The Labute approximate surface area is 126 Å². The zero-order valence-electron chi connectivity index (χ0n) is 12.8. The lowest BCUT2D eigenvalue weighted by atomic mass is 9.69. The molecule has 3 rings (SSSR count). The Morgan fingerprint density at radius 1 is 1.33 bits per heavy atom. The lowest BCUT2D eigenvalue weighted by Gasteiger charge is -2.42. The van der Waals surface area contributed by atoms with Crippen LogP contribution >= 0.6 is 0 Å². The molecule has 1 aliphatic heterocycles. The minimum absolute atomic E-state index is 0.0243. The lowest BCUT2D eigenvalue weighted by Crippen LogP contribution is -2.53. The van der Waals surface area contributed by atoms with Gasteiger partial charge in [0.25, 0.3) is 0 Å². The molecule has 0 aromatic rings. The first-order chi connectivity index (χ1) is 9.81. The number of nitrogens with zero attached hydrogens (tertiary/aromatic N) is 2. The number of morpholine rings is 1. The van der Waals surface area contributed by atoms with E-state index in [1.165, 1.54) is 4.31 Å². The van der Waals surface area contributed by atoms with Crippen LogP contribution in [0.5, 0.6) is 0 Å². The molecule has 4 atom stereocenters. The van der Waals surface area contributed by atoms with Crippen LogP contribution in [0.1, 0.15) is 27.2 Å². The number of fused-ring (bicyclic) bond motifs is 2.